The molecular weight excluding hydrogens is 435 g/mol. The summed E-state index contributed by atoms with van der Waals surface area (Å²) in [5.74, 6) is 0. The van der Waals surface area contributed by atoms with Crippen LogP contribution < -0.4 is 21.2 Å². The van der Waals surface area contributed by atoms with Crippen molar-refractivity contribution in [2.45, 2.75) is 24.2 Å². The summed E-state index contributed by atoms with van der Waals surface area (Å²) in [5, 5.41) is 3.87. The van der Waals surface area contributed by atoms with Gasteiger partial charge in [-0.1, -0.05) is 54.6 Å². The van der Waals surface area contributed by atoms with E-state index in [9.17, 15) is 13.0 Å². The fourth-order valence-electron chi connectivity index (χ4n) is 4.89. The maximum Gasteiger partial charge on any atom is 0.298 e. The molecular formula is C27H24O3PS+. The zero-order valence-electron chi connectivity index (χ0n) is 17.6. The summed E-state index contributed by atoms with van der Waals surface area (Å²) in [6.45, 7) is 0. The van der Waals surface area contributed by atoms with E-state index < -0.39 is 17.4 Å². The third kappa shape index (κ3) is 3.49. The van der Waals surface area contributed by atoms with Crippen LogP contribution in [0.25, 0.3) is 0 Å². The van der Waals surface area contributed by atoms with Crippen molar-refractivity contribution in [3.05, 3.63) is 114 Å². The van der Waals surface area contributed by atoms with Gasteiger partial charge in [-0.05, 0) is 78.9 Å². The van der Waals surface area contributed by atoms with Gasteiger partial charge in [-0.3, -0.25) is 4.55 Å². The third-order valence-electron chi connectivity index (χ3n) is 6.26. The Bertz CT molecular complexity index is 1330. The molecule has 0 unspecified atom stereocenters. The lowest BCUT2D eigenvalue weighted by Crippen LogP contribution is -2.40. The van der Waals surface area contributed by atoms with E-state index in [4.69, 9.17) is 0 Å². The summed E-state index contributed by atoms with van der Waals surface area (Å²) in [4.78, 5) is -0.0264. The molecule has 0 fully saturated rings. The van der Waals surface area contributed by atoms with Crippen LogP contribution >= 0.6 is 7.26 Å². The summed E-state index contributed by atoms with van der Waals surface area (Å²) in [7, 11) is -7.04. The van der Waals surface area contributed by atoms with Gasteiger partial charge in [-0.15, -0.1) is 0 Å². The molecule has 32 heavy (non-hydrogen) atoms. The van der Waals surface area contributed by atoms with Gasteiger partial charge in [0.1, 0.15) is 33.4 Å². The van der Waals surface area contributed by atoms with Gasteiger partial charge in [0.25, 0.3) is 10.1 Å². The third-order valence-corrected chi connectivity index (χ3v) is 11.6. The monoisotopic (exact) mass is 459 g/mol. The topological polar surface area (TPSA) is 54.4 Å². The van der Waals surface area contributed by atoms with Crippen LogP contribution in [0, 0.1) is 0 Å². The Balaban J connectivity index is 1.96. The van der Waals surface area contributed by atoms with Gasteiger partial charge in [0.05, 0.1) is 0 Å². The lowest BCUT2D eigenvalue weighted by Gasteiger charge is -2.29. The molecule has 160 valence electrons. The van der Waals surface area contributed by atoms with Gasteiger partial charge in [0.15, 0.2) is 0 Å². The average Bonchev–Trinajstić information content (AvgIpc) is 3.29. The summed E-state index contributed by atoms with van der Waals surface area (Å²) in [5.41, 5.74) is 2.71. The van der Waals surface area contributed by atoms with Crippen molar-refractivity contribution in [2.75, 3.05) is 0 Å². The zero-order valence-corrected chi connectivity index (χ0v) is 19.3. The molecule has 0 saturated carbocycles. The predicted octanol–water partition coefficient (Wildman–Crippen LogP) is 4.04. The quantitative estimate of drug-likeness (QED) is 0.362. The minimum atomic E-state index is -4.42. The standard InChI is InChI=1S/C27H23O3PS/c28-32(29,30)27-17-8-7-16-26(27)31(23-12-3-1-4-13-23,24-14-5-2-6-15-24)25-19-18-21-10-9-11-22(21)20-25/h1-8,12-20H,9-11H2/p+1. The van der Waals surface area contributed by atoms with Crippen molar-refractivity contribution in [3.63, 3.8) is 0 Å². The van der Waals surface area contributed by atoms with Crippen LogP contribution in [0.15, 0.2) is 108 Å². The van der Waals surface area contributed by atoms with Crippen molar-refractivity contribution in [2.24, 2.45) is 0 Å². The molecule has 0 aromatic heterocycles. The molecule has 3 nitrogen and oxygen atoms in total. The highest BCUT2D eigenvalue weighted by Crippen LogP contribution is 2.55. The molecule has 5 heteroatoms. The largest absolute Gasteiger partial charge is 0.298 e. The van der Waals surface area contributed by atoms with Gasteiger partial charge in [-0.2, -0.15) is 8.42 Å². The first-order valence-corrected chi connectivity index (χ1v) is 13.9. The summed E-state index contributed by atoms with van der Waals surface area (Å²) in [6.07, 6.45) is 3.26. The molecule has 0 amide bonds. The number of hydrogen-bond donors (Lipinski definition) is 1. The van der Waals surface area contributed by atoms with Gasteiger partial charge in [-0.25, -0.2) is 0 Å². The molecule has 0 aliphatic heterocycles. The van der Waals surface area contributed by atoms with E-state index in [0.29, 0.717) is 5.30 Å². The van der Waals surface area contributed by atoms with Crippen LogP contribution in [0.1, 0.15) is 17.5 Å². The smallest absolute Gasteiger partial charge is 0.282 e. The molecule has 5 rings (SSSR count). The van der Waals surface area contributed by atoms with Crippen LogP contribution in [0.2, 0.25) is 0 Å². The second-order valence-corrected chi connectivity index (χ2v) is 12.9. The van der Waals surface area contributed by atoms with Gasteiger partial charge in [0.2, 0.25) is 0 Å². The minimum Gasteiger partial charge on any atom is -0.282 e. The first-order chi connectivity index (χ1) is 15.5. The molecule has 0 radical (unpaired) electrons. The Hall–Kier alpha value is -2.78. The van der Waals surface area contributed by atoms with Crippen molar-refractivity contribution >= 4 is 38.6 Å². The Morgan fingerprint density at radius 3 is 1.81 bits per heavy atom. The number of rotatable bonds is 5. The summed E-state index contributed by atoms with van der Waals surface area (Å²) < 4.78 is 35.3. The molecule has 0 spiro atoms. The fourth-order valence-corrected chi connectivity index (χ4v) is 10.6. The SMILES string of the molecule is O=S(=O)(O)c1ccccc1[P+](c1ccccc1)(c1ccccc1)c1ccc2c(c1)CCC2. The summed E-state index contributed by atoms with van der Waals surface area (Å²) >= 11 is 0. The number of benzene rings is 4. The fraction of sp³-hybridized carbons (Fsp3) is 0.111. The van der Waals surface area contributed by atoms with E-state index in [0.717, 1.165) is 35.2 Å². The van der Waals surface area contributed by atoms with Crippen molar-refractivity contribution in [1.82, 2.24) is 0 Å². The van der Waals surface area contributed by atoms with E-state index in [-0.39, 0.29) is 4.90 Å². The first-order valence-electron chi connectivity index (χ1n) is 10.7. The summed E-state index contributed by atoms with van der Waals surface area (Å²) in [6, 6.07) is 33.8. The average molecular weight is 460 g/mol. The second-order valence-electron chi connectivity index (χ2n) is 8.09. The van der Waals surface area contributed by atoms with Crippen molar-refractivity contribution < 1.29 is 13.0 Å². The number of aryl methyl sites for hydroxylation is 2. The van der Waals surface area contributed by atoms with Gasteiger partial charge >= 0.3 is 0 Å². The lowest BCUT2D eigenvalue weighted by atomic mass is 10.1. The Morgan fingerprint density at radius 1 is 0.625 bits per heavy atom. The van der Waals surface area contributed by atoms with Crippen LogP contribution in [-0.2, 0) is 23.0 Å². The van der Waals surface area contributed by atoms with E-state index in [1.165, 1.54) is 17.2 Å². The van der Waals surface area contributed by atoms with Crippen LogP contribution in [0.3, 0.4) is 0 Å². The Labute approximate surface area is 189 Å². The van der Waals surface area contributed by atoms with E-state index in [1.54, 1.807) is 6.07 Å². The van der Waals surface area contributed by atoms with Crippen molar-refractivity contribution in [3.8, 4) is 0 Å². The maximum absolute atomic E-state index is 12.6. The predicted molar refractivity (Wildman–Crippen MR) is 133 cm³/mol. The minimum absolute atomic E-state index is 0.0264. The maximum atomic E-state index is 12.6. The van der Waals surface area contributed by atoms with Crippen molar-refractivity contribution in [1.29, 1.82) is 0 Å². The Kier molecular flexibility index (Phi) is 5.46. The van der Waals surface area contributed by atoms with E-state index in [1.807, 2.05) is 48.5 Å². The number of fused-ring (bicyclic) bond motifs is 1. The lowest BCUT2D eigenvalue weighted by molar-refractivity contribution is 0.484. The molecule has 1 N–H and O–H groups in total. The molecule has 0 saturated heterocycles. The molecule has 4 aromatic rings. The number of hydrogen-bond acceptors (Lipinski definition) is 2. The van der Waals surface area contributed by atoms with Crippen LogP contribution in [-0.4, -0.2) is 13.0 Å². The highest BCUT2D eigenvalue weighted by atomic mass is 32.2. The van der Waals surface area contributed by atoms with Crippen LogP contribution in [0.5, 0.6) is 0 Å². The highest BCUT2D eigenvalue weighted by molar-refractivity contribution is 8.02. The first kappa shape index (κ1) is 21.1. The zero-order chi connectivity index (χ0) is 22.2. The van der Waals surface area contributed by atoms with Crippen LogP contribution in [0.4, 0.5) is 0 Å². The highest BCUT2D eigenvalue weighted by Gasteiger charge is 2.50. The molecule has 1 aliphatic rings. The molecule has 0 bridgehead atoms. The van der Waals surface area contributed by atoms with E-state index >= 15 is 0 Å². The van der Waals surface area contributed by atoms with Gasteiger partial charge in [0, 0.05) is 0 Å². The van der Waals surface area contributed by atoms with Gasteiger partial charge < -0.3 is 0 Å². The second kappa shape index (κ2) is 8.29. The molecule has 1 aliphatic carbocycles. The molecule has 4 aromatic carbocycles. The normalized spacial score (nSPS) is 13.7. The molecule has 0 heterocycles. The molecule has 0 atom stereocenters. The Morgan fingerprint density at radius 2 is 1.19 bits per heavy atom. The van der Waals surface area contributed by atoms with E-state index in [2.05, 4.69) is 42.5 Å².